The first-order valence-corrected chi connectivity index (χ1v) is 5.44. The van der Waals surface area contributed by atoms with Gasteiger partial charge in [0, 0.05) is 5.92 Å². The Morgan fingerprint density at radius 3 is 2.87 bits per heavy atom. The van der Waals surface area contributed by atoms with Crippen LogP contribution >= 0.6 is 0 Å². The van der Waals surface area contributed by atoms with Crippen molar-refractivity contribution in [1.82, 2.24) is 4.90 Å². The number of hydrogen-bond donors (Lipinski definition) is 0. The molecule has 0 saturated carbocycles. The van der Waals surface area contributed by atoms with E-state index in [4.69, 9.17) is 0 Å². The number of aryl methyl sites for hydroxylation is 1. The third-order valence-corrected chi connectivity index (χ3v) is 3.06. The van der Waals surface area contributed by atoms with E-state index in [2.05, 4.69) is 30.0 Å². The van der Waals surface area contributed by atoms with Crippen LogP contribution in [0.2, 0.25) is 0 Å². The Balaban J connectivity index is 2.20. The van der Waals surface area contributed by atoms with Crippen LogP contribution in [0.25, 0.3) is 0 Å². The van der Waals surface area contributed by atoms with Gasteiger partial charge in [0.05, 0.1) is 6.54 Å². The van der Waals surface area contributed by atoms with Gasteiger partial charge in [-0.2, -0.15) is 0 Å². The van der Waals surface area contributed by atoms with Crippen molar-refractivity contribution in [3.63, 3.8) is 0 Å². The predicted octanol–water partition coefficient (Wildman–Crippen LogP) is 1.98. The first kappa shape index (κ1) is 10.4. The van der Waals surface area contributed by atoms with Crippen molar-refractivity contribution < 1.29 is 4.79 Å². The van der Waals surface area contributed by atoms with Crippen molar-refractivity contribution in [2.45, 2.75) is 19.3 Å². The second kappa shape index (κ2) is 4.15. The summed E-state index contributed by atoms with van der Waals surface area (Å²) in [5.74, 6) is 0.482. The van der Waals surface area contributed by atoms with E-state index in [1.54, 1.807) is 0 Å². The second-order valence-electron chi connectivity index (χ2n) is 4.46. The van der Waals surface area contributed by atoms with Crippen LogP contribution in [0, 0.1) is 6.92 Å². The van der Waals surface area contributed by atoms with Crippen molar-refractivity contribution in [3.05, 3.63) is 35.4 Å². The summed E-state index contributed by atoms with van der Waals surface area (Å²) < 4.78 is 0. The minimum atomic E-state index is 0.126. The highest BCUT2D eigenvalue weighted by atomic mass is 16.1. The van der Waals surface area contributed by atoms with Gasteiger partial charge in [0.15, 0.2) is 5.78 Å². The van der Waals surface area contributed by atoms with E-state index in [-0.39, 0.29) is 5.92 Å². The number of likely N-dealkylation sites (N-methyl/N-ethyl adjacent to an activating group) is 1. The van der Waals surface area contributed by atoms with Crippen molar-refractivity contribution in [2.24, 2.45) is 0 Å². The van der Waals surface area contributed by atoms with E-state index in [1.807, 2.05) is 13.1 Å². The molecule has 0 radical (unpaired) electrons. The van der Waals surface area contributed by atoms with Gasteiger partial charge in [-0.3, -0.25) is 9.69 Å². The van der Waals surface area contributed by atoms with E-state index < -0.39 is 0 Å². The van der Waals surface area contributed by atoms with Gasteiger partial charge < -0.3 is 0 Å². The number of ketones is 1. The van der Waals surface area contributed by atoms with Crippen molar-refractivity contribution in [1.29, 1.82) is 0 Å². The van der Waals surface area contributed by atoms with Gasteiger partial charge in [0.25, 0.3) is 0 Å². The molecule has 1 aromatic rings. The van der Waals surface area contributed by atoms with Crippen LogP contribution in [-0.4, -0.2) is 30.8 Å². The molecule has 1 heterocycles. The van der Waals surface area contributed by atoms with Crippen LogP contribution in [0.1, 0.15) is 23.5 Å². The lowest BCUT2D eigenvalue weighted by Gasteiger charge is -2.28. The molecule has 15 heavy (non-hydrogen) atoms. The number of nitrogens with zero attached hydrogens (tertiary/aromatic N) is 1. The van der Waals surface area contributed by atoms with Gasteiger partial charge in [-0.1, -0.05) is 29.8 Å². The van der Waals surface area contributed by atoms with Crippen molar-refractivity contribution in [2.75, 3.05) is 20.1 Å². The Labute approximate surface area is 90.9 Å². The number of piperidine rings is 1. The highest BCUT2D eigenvalue weighted by molar-refractivity contribution is 5.88. The second-order valence-corrected chi connectivity index (χ2v) is 4.46. The third-order valence-electron chi connectivity index (χ3n) is 3.06. The molecule has 0 aromatic heterocycles. The Morgan fingerprint density at radius 2 is 2.20 bits per heavy atom. The molecule has 80 valence electrons. The van der Waals surface area contributed by atoms with E-state index in [9.17, 15) is 4.79 Å². The number of carbonyl (C=O) groups is 1. The standard InChI is InChI=1S/C13H17NO/c1-10-4-3-5-11(8-10)12-6-7-14(2)9-13(12)15/h3-5,8,12H,6-7,9H2,1-2H3. The minimum Gasteiger partial charge on any atom is -0.299 e. The lowest BCUT2D eigenvalue weighted by atomic mass is 9.88. The normalized spacial score (nSPS) is 23.1. The fraction of sp³-hybridized carbons (Fsp3) is 0.462. The number of rotatable bonds is 1. The van der Waals surface area contributed by atoms with Gasteiger partial charge in [-0.05, 0) is 32.5 Å². The zero-order valence-corrected chi connectivity index (χ0v) is 9.36. The van der Waals surface area contributed by atoms with E-state index in [0.717, 1.165) is 13.0 Å². The molecule has 2 heteroatoms. The van der Waals surface area contributed by atoms with Crippen LogP contribution in [0.3, 0.4) is 0 Å². The molecule has 1 unspecified atom stereocenters. The molecule has 0 amide bonds. The molecule has 2 rings (SSSR count). The SMILES string of the molecule is Cc1cccc(C2CCN(C)CC2=O)c1. The van der Waals surface area contributed by atoms with E-state index in [1.165, 1.54) is 11.1 Å². The minimum absolute atomic E-state index is 0.126. The first-order valence-electron chi connectivity index (χ1n) is 5.44. The maximum Gasteiger partial charge on any atom is 0.154 e. The maximum atomic E-state index is 11.9. The molecule has 1 saturated heterocycles. The molecule has 0 aliphatic carbocycles. The average molecular weight is 203 g/mol. The Morgan fingerprint density at radius 1 is 1.40 bits per heavy atom. The lowest BCUT2D eigenvalue weighted by molar-refractivity contribution is -0.123. The quantitative estimate of drug-likeness (QED) is 0.695. The first-order chi connectivity index (χ1) is 7.16. The van der Waals surface area contributed by atoms with Gasteiger partial charge in [-0.15, -0.1) is 0 Å². The topological polar surface area (TPSA) is 20.3 Å². The van der Waals surface area contributed by atoms with Gasteiger partial charge >= 0.3 is 0 Å². The average Bonchev–Trinajstić information content (AvgIpc) is 2.17. The zero-order chi connectivity index (χ0) is 10.8. The van der Waals surface area contributed by atoms with Crippen molar-refractivity contribution in [3.8, 4) is 0 Å². The summed E-state index contributed by atoms with van der Waals surface area (Å²) in [5, 5.41) is 0. The lowest BCUT2D eigenvalue weighted by Crippen LogP contribution is -2.37. The van der Waals surface area contributed by atoms with Gasteiger partial charge in [0.1, 0.15) is 0 Å². The molecule has 1 atom stereocenters. The fourth-order valence-corrected chi connectivity index (χ4v) is 2.21. The number of likely N-dealkylation sites (tertiary alicyclic amines) is 1. The fourth-order valence-electron chi connectivity index (χ4n) is 2.21. The summed E-state index contributed by atoms with van der Waals surface area (Å²) in [6.07, 6.45) is 0.957. The summed E-state index contributed by atoms with van der Waals surface area (Å²) in [4.78, 5) is 14.0. The summed E-state index contributed by atoms with van der Waals surface area (Å²) in [6.45, 7) is 3.69. The molecule has 1 aromatic carbocycles. The molecule has 1 aliphatic heterocycles. The van der Waals surface area contributed by atoms with Crippen molar-refractivity contribution >= 4 is 5.78 Å². The molecule has 1 aliphatic rings. The molecule has 0 spiro atoms. The Kier molecular flexibility index (Phi) is 2.87. The van der Waals surface area contributed by atoms with E-state index >= 15 is 0 Å². The number of Topliss-reactive ketones (excluding diaryl/α,β-unsaturated/α-hetero) is 1. The number of hydrogen-bond acceptors (Lipinski definition) is 2. The predicted molar refractivity (Wildman–Crippen MR) is 61.0 cm³/mol. The van der Waals surface area contributed by atoms with E-state index in [0.29, 0.717) is 12.3 Å². The third kappa shape index (κ3) is 2.26. The highest BCUT2D eigenvalue weighted by Crippen LogP contribution is 2.25. The molecule has 2 nitrogen and oxygen atoms in total. The Bertz CT molecular complexity index is 373. The molecular weight excluding hydrogens is 186 g/mol. The largest absolute Gasteiger partial charge is 0.299 e. The van der Waals surface area contributed by atoms with Gasteiger partial charge in [-0.25, -0.2) is 0 Å². The zero-order valence-electron chi connectivity index (χ0n) is 9.36. The van der Waals surface area contributed by atoms with Gasteiger partial charge in [0.2, 0.25) is 0 Å². The smallest absolute Gasteiger partial charge is 0.154 e. The van der Waals surface area contributed by atoms with Crippen LogP contribution in [0.15, 0.2) is 24.3 Å². The summed E-state index contributed by atoms with van der Waals surface area (Å²) in [6, 6.07) is 8.31. The summed E-state index contributed by atoms with van der Waals surface area (Å²) in [7, 11) is 2.00. The molecule has 0 N–H and O–H groups in total. The Hall–Kier alpha value is -1.15. The van der Waals surface area contributed by atoms with Crippen LogP contribution in [-0.2, 0) is 4.79 Å². The van der Waals surface area contributed by atoms with Crippen LogP contribution in [0.4, 0.5) is 0 Å². The highest BCUT2D eigenvalue weighted by Gasteiger charge is 2.26. The molecule has 0 bridgehead atoms. The monoisotopic (exact) mass is 203 g/mol. The molecular formula is C13H17NO. The number of benzene rings is 1. The van der Waals surface area contributed by atoms with Crippen LogP contribution < -0.4 is 0 Å². The summed E-state index contributed by atoms with van der Waals surface area (Å²) >= 11 is 0. The molecule has 1 fully saturated rings. The summed E-state index contributed by atoms with van der Waals surface area (Å²) in [5.41, 5.74) is 2.42. The number of carbonyl (C=O) groups excluding carboxylic acids is 1. The maximum absolute atomic E-state index is 11.9. The van der Waals surface area contributed by atoms with Crippen LogP contribution in [0.5, 0.6) is 0 Å².